The molecular formula is C19H26N4O2. The maximum Gasteiger partial charge on any atom is 0.165 e. The molecule has 2 fully saturated rings. The molecule has 1 aromatic heterocycles. The third kappa shape index (κ3) is 4.26. The molecule has 4 rings (SSSR count). The van der Waals surface area contributed by atoms with Crippen LogP contribution in [0.15, 0.2) is 36.7 Å². The minimum absolute atomic E-state index is 0.459. The average Bonchev–Trinajstić information content (AvgIpc) is 3.14. The summed E-state index contributed by atoms with van der Waals surface area (Å²) in [6.07, 6.45) is 5.33. The monoisotopic (exact) mass is 342 g/mol. The molecule has 0 aliphatic carbocycles. The average molecular weight is 342 g/mol. The predicted octanol–water partition coefficient (Wildman–Crippen LogP) is 2.28. The first-order chi connectivity index (χ1) is 12.4. The van der Waals surface area contributed by atoms with Crippen molar-refractivity contribution in [1.82, 2.24) is 19.7 Å². The fourth-order valence-electron chi connectivity index (χ4n) is 3.74. The van der Waals surface area contributed by atoms with Crippen molar-refractivity contribution in [2.75, 3.05) is 33.0 Å². The summed E-state index contributed by atoms with van der Waals surface area (Å²) in [5, 5.41) is 4.66. The Morgan fingerprint density at radius 1 is 1.04 bits per heavy atom. The van der Waals surface area contributed by atoms with Crippen LogP contribution in [0, 0.1) is 5.92 Å². The van der Waals surface area contributed by atoms with Crippen molar-refractivity contribution in [1.29, 1.82) is 0 Å². The minimum Gasteiger partial charge on any atom is -0.381 e. The number of para-hydroxylation sites is 1. The fourth-order valence-corrected chi connectivity index (χ4v) is 3.74. The molecule has 0 radical (unpaired) electrons. The molecule has 25 heavy (non-hydrogen) atoms. The highest BCUT2D eigenvalue weighted by Gasteiger charge is 2.27. The molecule has 6 heteroatoms. The van der Waals surface area contributed by atoms with Gasteiger partial charge in [0.15, 0.2) is 5.82 Å². The van der Waals surface area contributed by atoms with E-state index in [1.165, 1.54) is 19.3 Å². The van der Waals surface area contributed by atoms with Crippen molar-refractivity contribution in [2.45, 2.75) is 31.8 Å². The lowest BCUT2D eigenvalue weighted by atomic mass is 9.91. The summed E-state index contributed by atoms with van der Waals surface area (Å²) in [6, 6.07) is 10.6. The van der Waals surface area contributed by atoms with Crippen LogP contribution < -0.4 is 0 Å². The van der Waals surface area contributed by atoms with Crippen LogP contribution in [0.1, 0.15) is 25.1 Å². The lowest BCUT2D eigenvalue weighted by molar-refractivity contribution is -0.0299. The van der Waals surface area contributed by atoms with E-state index in [2.05, 4.69) is 15.0 Å². The van der Waals surface area contributed by atoms with Crippen LogP contribution in [0.3, 0.4) is 0 Å². The van der Waals surface area contributed by atoms with Crippen molar-refractivity contribution in [3.63, 3.8) is 0 Å². The van der Waals surface area contributed by atoms with E-state index in [0.29, 0.717) is 6.04 Å². The number of rotatable bonds is 5. The zero-order chi connectivity index (χ0) is 16.9. The molecule has 2 aliphatic rings. The van der Waals surface area contributed by atoms with E-state index < -0.39 is 0 Å². The number of hydrogen-bond donors (Lipinski definition) is 0. The fraction of sp³-hybridized carbons (Fsp3) is 0.579. The third-order valence-electron chi connectivity index (χ3n) is 5.20. The Morgan fingerprint density at radius 2 is 1.88 bits per heavy atom. The van der Waals surface area contributed by atoms with Crippen molar-refractivity contribution in [3.8, 4) is 5.69 Å². The summed E-state index contributed by atoms with van der Waals surface area (Å²) in [5.74, 6) is 1.63. The van der Waals surface area contributed by atoms with E-state index in [9.17, 15) is 0 Å². The highest BCUT2D eigenvalue weighted by atomic mass is 16.5. The molecule has 1 aromatic carbocycles. The van der Waals surface area contributed by atoms with Gasteiger partial charge >= 0.3 is 0 Å². The standard InChI is InChI=1S/C19H26N4O2/c1-2-4-17(5-3-1)23-15-20-19(21-23)13-22-8-11-25-14-18(22)12-16-6-9-24-10-7-16/h1-5,15-16,18H,6-14H2. The molecule has 0 spiro atoms. The van der Waals surface area contributed by atoms with Crippen molar-refractivity contribution in [3.05, 3.63) is 42.5 Å². The molecule has 2 aliphatic heterocycles. The van der Waals surface area contributed by atoms with Gasteiger partial charge in [0.2, 0.25) is 0 Å². The molecule has 1 atom stereocenters. The number of morpholine rings is 1. The first kappa shape index (κ1) is 16.7. The molecule has 134 valence electrons. The van der Waals surface area contributed by atoms with E-state index in [-0.39, 0.29) is 0 Å². The van der Waals surface area contributed by atoms with Gasteiger partial charge in [-0.3, -0.25) is 4.90 Å². The van der Waals surface area contributed by atoms with Gasteiger partial charge in [0.1, 0.15) is 6.33 Å². The Balaban J connectivity index is 1.40. The maximum absolute atomic E-state index is 5.75. The summed E-state index contributed by atoms with van der Waals surface area (Å²) in [4.78, 5) is 7.01. The van der Waals surface area contributed by atoms with Gasteiger partial charge in [-0.25, -0.2) is 9.67 Å². The Bertz CT molecular complexity index is 654. The second-order valence-electron chi connectivity index (χ2n) is 6.93. The van der Waals surface area contributed by atoms with Crippen molar-refractivity contribution >= 4 is 0 Å². The van der Waals surface area contributed by atoms with Crippen LogP contribution in [-0.4, -0.2) is 58.7 Å². The van der Waals surface area contributed by atoms with Crippen LogP contribution in [-0.2, 0) is 16.0 Å². The van der Waals surface area contributed by atoms with E-state index in [1.54, 1.807) is 6.33 Å². The van der Waals surface area contributed by atoms with Gasteiger partial charge in [0, 0.05) is 25.8 Å². The van der Waals surface area contributed by atoms with Gasteiger partial charge < -0.3 is 9.47 Å². The van der Waals surface area contributed by atoms with Crippen LogP contribution in [0.25, 0.3) is 5.69 Å². The molecule has 2 aromatic rings. The van der Waals surface area contributed by atoms with Gasteiger partial charge in [-0.15, -0.1) is 5.10 Å². The number of benzene rings is 1. The Hall–Kier alpha value is -1.76. The van der Waals surface area contributed by atoms with Crippen LogP contribution in [0.2, 0.25) is 0 Å². The maximum atomic E-state index is 5.75. The van der Waals surface area contributed by atoms with Gasteiger partial charge in [-0.2, -0.15) is 0 Å². The molecule has 0 N–H and O–H groups in total. The van der Waals surface area contributed by atoms with E-state index in [1.807, 2.05) is 35.0 Å². The highest BCUT2D eigenvalue weighted by molar-refractivity contribution is 5.29. The molecule has 0 amide bonds. The molecular weight excluding hydrogens is 316 g/mol. The smallest absolute Gasteiger partial charge is 0.165 e. The number of nitrogens with zero attached hydrogens (tertiary/aromatic N) is 4. The Kier molecular flexibility index (Phi) is 5.40. The molecule has 2 saturated heterocycles. The summed E-state index contributed by atoms with van der Waals surface area (Å²) < 4.78 is 13.1. The van der Waals surface area contributed by atoms with Gasteiger partial charge in [0.25, 0.3) is 0 Å². The molecule has 6 nitrogen and oxygen atoms in total. The third-order valence-corrected chi connectivity index (χ3v) is 5.20. The first-order valence-electron chi connectivity index (χ1n) is 9.24. The van der Waals surface area contributed by atoms with E-state index in [0.717, 1.165) is 56.9 Å². The summed E-state index contributed by atoms with van der Waals surface area (Å²) in [7, 11) is 0. The van der Waals surface area contributed by atoms with Crippen LogP contribution in [0.5, 0.6) is 0 Å². The number of ether oxygens (including phenoxy) is 2. The highest BCUT2D eigenvalue weighted by Crippen LogP contribution is 2.24. The van der Waals surface area contributed by atoms with Crippen LogP contribution >= 0.6 is 0 Å². The van der Waals surface area contributed by atoms with Gasteiger partial charge in [-0.1, -0.05) is 18.2 Å². The predicted molar refractivity (Wildman–Crippen MR) is 94.5 cm³/mol. The molecule has 0 bridgehead atoms. The normalized spacial score (nSPS) is 23.0. The van der Waals surface area contributed by atoms with Crippen molar-refractivity contribution < 1.29 is 9.47 Å². The van der Waals surface area contributed by atoms with Crippen molar-refractivity contribution in [2.24, 2.45) is 5.92 Å². The van der Waals surface area contributed by atoms with Gasteiger partial charge in [-0.05, 0) is 37.3 Å². The lowest BCUT2D eigenvalue weighted by Crippen LogP contribution is -2.46. The minimum atomic E-state index is 0.459. The molecule has 0 saturated carbocycles. The van der Waals surface area contributed by atoms with Crippen LogP contribution in [0.4, 0.5) is 0 Å². The summed E-state index contributed by atoms with van der Waals surface area (Å²) in [6.45, 7) is 5.16. The van der Waals surface area contributed by atoms with Gasteiger partial charge in [0.05, 0.1) is 25.4 Å². The number of hydrogen-bond acceptors (Lipinski definition) is 5. The summed E-state index contributed by atoms with van der Waals surface area (Å²) >= 11 is 0. The number of aromatic nitrogens is 3. The Labute approximate surface area is 148 Å². The Morgan fingerprint density at radius 3 is 2.72 bits per heavy atom. The largest absolute Gasteiger partial charge is 0.381 e. The molecule has 1 unspecified atom stereocenters. The van der Waals surface area contributed by atoms with E-state index in [4.69, 9.17) is 9.47 Å². The van der Waals surface area contributed by atoms with E-state index >= 15 is 0 Å². The molecule has 3 heterocycles. The first-order valence-corrected chi connectivity index (χ1v) is 9.24. The lowest BCUT2D eigenvalue weighted by Gasteiger charge is -2.37. The second kappa shape index (κ2) is 8.08. The quantitative estimate of drug-likeness (QED) is 0.834. The zero-order valence-electron chi connectivity index (χ0n) is 14.6. The summed E-state index contributed by atoms with van der Waals surface area (Å²) in [5.41, 5.74) is 1.04. The topological polar surface area (TPSA) is 52.4 Å². The SMILES string of the molecule is c1ccc(-n2cnc(CN3CCOCC3CC3CCOCC3)n2)cc1. The second-order valence-corrected chi connectivity index (χ2v) is 6.93. The zero-order valence-corrected chi connectivity index (χ0v) is 14.6.